The summed E-state index contributed by atoms with van der Waals surface area (Å²) in [6, 6.07) is 19.0. The lowest BCUT2D eigenvalue weighted by Crippen LogP contribution is -2.40. The molecule has 0 saturated carbocycles. The van der Waals surface area contributed by atoms with E-state index in [1.165, 1.54) is 30.6 Å². The first-order chi connectivity index (χ1) is 18.6. The van der Waals surface area contributed by atoms with Crippen molar-refractivity contribution >= 4 is 28.4 Å². The fourth-order valence-corrected chi connectivity index (χ4v) is 5.27. The van der Waals surface area contributed by atoms with E-state index in [1.54, 1.807) is 11.0 Å². The van der Waals surface area contributed by atoms with Crippen molar-refractivity contribution in [1.82, 2.24) is 24.6 Å². The zero-order valence-electron chi connectivity index (χ0n) is 20.5. The molecule has 0 aliphatic carbocycles. The second kappa shape index (κ2) is 10.3. The minimum absolute atomic E-state index is 0.147. The fourth-order valence-electron chi connectivity index (χ4n) is 5.10. The molecular formula is C29H25ClFN5O2. The van der Waals surface area contributed by atoms with Gasteiger partial charge in [-0.1, -0.05) is 23.7 Å². The van der Waals surface area contributed by atoms with Gasteiger partial charge in [0, 0.05) is 46.7 Å². The van der Waals surface area contributed by atoms with Crippen molar-refractivity contribution in [1.29, 1.82) is 0 Å². The first kappa shape index (κ1) is 24.2. The van der Waals surface area contributed by atoms with Gasteiger partial charge < -0.3 is 14.6 Å². The highest BCUT2D eigenvalue weighted by Gasteiger charge is 2.35. The van der Waals surface area contributed by atoms with Crippen LogP contribution in [0.1, 0.15) is 39.6 Å². The summed E-state index contributed by atoms with van der Waals surface area (Å²) in [6.45, 7) is 1.80. The smallest absolute Gasteiger partial charge is 0.254 e. The third-order valence-corrected chi connectivity index (χ3v) is 7.14. The van der Waals surface area contributed by atoms with E-state index in [2.05, 4.69) is 15.1 Å². The Hall–Kier alpha value is -4.17. The Morgan fingerprint density at radius 2 is 1.92 bits per heavy atom. The lowest BCUT2D eigenvalue weighted by Gasteiger charge is -2.36. The van der Waals surface area contributed by atoms with E-state index in [0.717, 1.165) is 46.4 Å². The molecule has 1 amide bonds. The molecule has 9 heteroatoms. The number of aryl methyl sites for hydroxylation is 1. The van der Waals surface area contributed by atoms with Crippen LogP contribution in [0.15, 0.2) is 79.4 Å². The average Bonchev–Trinajstić information content (AvgIpc) is 3.59. The van der Waals surface area contributed by atoms with Gasteiger partial charge in [-0.15, -0.1) is 0 Å². The van der Waals surface area contributed by atoms with Crippen LogP contribution in [-0.4, -0.2) is 43.7 Å². The van der Waals surface area contributed by atoms with Crippen LogP contribution in [0, 0.1) is 5.82 Å². The second-order valence-corrected chi connectivity index (χ2v) is 9.73. The molecule has 1 aliphatic heterocycles. The highest BCUT2D eigenvalue weighted by atomic mass is 35.5. The number of aromatic nitrogens is 4. The van der Waals surface area contributed by atoms with Crippen LogP contribution in [0.4, 0.5) is 4.39 Å². The Morgan fingerprint density at radius 1 is 1.11 bits per heavy atom. The molecule has 1 unspecified atom stereocenters. The van der Waals surface area contributed by atoms with Crippen molar-refractivity contribution in [3.8, 4) is 5.75 Å². The maximum Gasteiger partial charge on any atom is 0.254 e. The lowest BCUT2D eigenvalue weighted by molar-refractivity contribution is 0.0692. The van der Waals surface area contributed by atoms with Crippen molar-refractivity contribution in [3.63, 3.8) is 0 Å². The Morgan fingerprint density at radius 3 is 2.68 bits per heavy atom. The van der Waals surface area contributed by atoms with Crippen LogP contribution in [0.5, 0.6) is 5.75 Å². The maximum atomic E-state index is 13.6. The van der Waals surface area contributed by atoms with Crippen LogP contribution in [0.3, 0.4) is 0 Å². The first-order valence-corrected chi connectivity index (χ1v) is 12.9. The van der Waals surface area contributed by atoms with Crippen LogP contribution < -0.4 is 4.74 Å². The highest BCUT2D eigenvalue weighted by Crippen LogP contribution is 2.40. The summed E-state index contributed by atoms with van der Waals surface area (Å²) in [5.74, 6) is 0.234. The quantitative estimate of drug-likeness (QED) is 0.270. The number of aromatic amines is 1. The summed E-state index contributed by atoms with van der Waals surface area (Å²) in [5.41, 5.74) is 4.50. The van der Waals surface area contributed by atoms with Gasteiger partial charge in [0.25, 0.3) is 5.91 Å². The van der Waals surface area contributed by atoms with E-state index in [-0.39, 0.29) is 17.8 Å². The van der Waals surface area contributed by atoms with Crippen molar-refractivity contribution < 1.29 is 13.9 Å². The van der Waals surface area contributed by atoms with Crippen LogP contribution >= 0.6 is 11.6 Å². The zero-order chi connectivity index (χ0) is 26.1. The van der Waals surface area contributed by atoms with E-state index in [0.29, 0.717) is 30.2 Å². The molecule has 0 spiro atoms. The normalized spacial score (nSPS) is 15.0. The number of hydrogen-bond acceptors (Lipinski definition) is 4. The molecule has 192 valence electrons. The SMILES string of the molecule is O=C(c1ccc(F)cc1)N1CCc2c([nH]c3ccc(Cl)cc23)C1c1ccc(OCCCn2cncn2)cc1. The number of carbonyl (C=O) groups excluding carboxylic acids is 1. The van der Waals surface area contributed by atoms with Gasteiger partial charge >= 0.3 is 0 Å². The Labute approximate surface area is 223 Å². The highest BCUT2D eigenvalue weighted by molar-refractivity contribution is 6.31. The van der Waals surface area contributed by atoms with Gasteiger partial charge in [-0.05, 0) is 72.1 Å². The predicted molar refractivity (Wildman–Crippen MR) is 143 cm³/mol. The number of ether oxygens (including phenoxy) is 1. The maximum absolute atomic E-state index is 13.6. The minimum Gasteiger partial charge on any atom is -0.494 e. The number of halogens is 2. The molecule has 0 fully saturated rings. The monoisotopic (exact) mass is 529 g/mol. The van der Waals surface area contributed by atoms with Crippen LogP contribution in [-0.2, 0) is 13.0 Å². The number of amides is 1. The fraction of sp³-hybridized carbons (Fsp3) is 0.207. The minimum atomic E-state index is -0.372. The molecule has 1 atom stereocenters. The molecule has 1 aliphatic rings. The number of nitrogens with zero attached hydrogens (tertiary/aromatic N) is 4. The molecule has 1 N–H and O–H groups in total. The van der Waals surface area contributed by atoms with Gasteiger partial charge in [-0.25, -0.2) is 9.37 Å². The van der Waals surface area contributed by atoms with Crippen LogP contribution in [0.2, 0.25) is 5.02 Å². The Balaban J connectivity index is 1.29. The molecule has 3 aromatic carbocycles. The largest absolute Gasteiger partial charge is 0.494 e. The van der Waals surface area contributed by atoms with Crippen molar-refractivity contribution in [3.05, 3.63) is 113 Å². The Kier molecular flexibility index (Phi) is 6.55. The number of nitrogens with one attached hydrogen (secondary N) is 1. The lowest BCUT2D eigenvalue weighted by atomic mass is 9.91. The van der Waals surface area contributed by atoms with Crippen LogP contribution in [0.25, 0.3) is 10.9 Å². The molecule has 3 heterocycles. The van der Waals surface area contributed by atoms with Crippen molar-refractivity contribution in [2.24, 2.45) is 0 Å². The van der Waals surface area contributed by atoms with Gasteiger partial charge in [0.1, 0.15) is 24.2 Å². The van der Waals surface area contributed by atoms with E-state index in [9.17, 15) is 9.18 Å². The number of rotatable bonds is 7. The number of hydrogen-bond donors (Lipinski definition) is 1. The topological polar surface area (TPSA) is 76.0 Å². The molecule has 2 aromatic heterocycles. The molecule has 0 bridgehead atoms. The number of H-pyrrole nitrogens is 1. The summed E-state index contributed by atoms with van der Waals surface area (Å²) in [5, 5.41) is 5.84. The summed E-state index contributed by atoms with van der Waals surface area (Å²) in [6.07, 6.45) is 4.69. The van der Waals surface area contributed by atoms with E-state index in [1.807, 2.05) is 47.4 Å². The summed E-state index contributed by atoms with van der Waals surface area (Å²) in [7, 11) is 0. The zero-order valence-corrected chi connectivity index (χ0v) is 21.2. The van der Waals surface area contributed by atoms with Gasteiger partial charge in [-0.2, -0.15) is 5.10 Å². The predicted octanol–water partition coefficient (Wildman–Crippen LogP) is 5.81. The van der Waals surface area contributed by atoms with Gasteiger partial charge in [-0.3, -0.25) is 9.48 Å². The standard InChI is InChI=1S/C29H25ClFN5O2/c30-21-6-11-26-25(16-21)24-12-14-36(29(37)20-2-7-22(31)8-3-20)28(27(24)34-26)19-4-9-23(10-5-19)38-15-1-13-35-18-32-17-33-35/h2-11,16-18,28,34H,1,12-15H2. The van der Waals surface area contributed by atoms with Gasteiger partial charge in [0.05, 0.1) is 12.6 Å². The first-order valence-electron chi connectivity index (χ1n) is 12.5. The van der Waals surface area contributed by atoms with E-state index >= 15 is 0 Å². The number of carbonyl (C=O) groups is 1. The second-order valence-electron chi connectivity index (χ2n) is 9.29. The molecule has 38 heavy (non-hydrogen) atoms. The summed E-state index contributed by atoms with van der Waals surface area (Å²) >= 11 is 6.31. The van der Waals surface area contributed by atoms with Crippen molar-refractivity contribution in [2.45, 2.75) is 25.4 Å². The van der Waals surface area contributed by atoms with Gasteiger partial charge in [0.2, 0.25) is 0 Å². The molecule has 0 radical (unpaired) electrons. The summed E-state index contributed by atoms with van der Waals surface area (Å²) in [4.78, 5) is 23.0. The Bertz CT molecular complexity index is 1570. The van der Waals surface area contributed by atoms with Crippen molar-refractivity contribution in [2.75, 3.05) is 13.2 Å². The van der Waals surface area contributed by atoms with Gasteiger partial charge in [0.15, 0.2) is 0 Å². The molecule has 7 nitrogen and oxygen atoms in total. The van der Waals surface area contributed by atoms with E-state index < -0.39 is 0 Å². The molecule has 5 aromatic rings. The average molecular weight is 530 g/mol. The molecule has 6 rings (SSSR count). The van der Waals surface area contributed by atoms with E-state index in [4.69, 9.17) is 16.3 Å². The summed E-state index contributed by atoms with van der Waals surface area (Å²) < 4.78 is 21.2. The molecule has 0 saturated heterocycles. The number of fused-ring (bicyclic) bond motifs is 3. The number of benzene rings is 3. The third kappa shape index (κ3) is 4.75. The third-order valence-electron chi connectivity index (χ3n) is 6.90. The molecular weight excluding hydrogens is 505 g/mol.